The highest BCUT2D eigenvalue weighted by molar-refractivity contribution is 5.96. The number of rotatable bonds is 6. The van der Waals surface area contributed by atoms with Crippen LogP contribution < -0.4 is 4.74 Å². The van der Waals surface area contributed by atoms with Crippen LogP contribution in [0, 0.1) is 11.6 Å². The Morgan fingerprint density at radius 3 is 2.11 bits per heavy atom. The Bertz CT molecular complexity index is 1010. The van der Waals surface area contributed by atoms with Crippen molar-refractivity contribution in [2.45, 2.75) is 20.3 Å². The summed E-state index contributed by atoms with van der Waals surface area (Å²) < 4.78 is 34.4. The second-order valence-corrected chi connectivity index (χ2v) is 6.25. The van der Waals surface area contributed by atoms with Crippen LogP contribution in [0.2, 0.25) is 0 Å². The number of aromatic carboxylic acids is 1. The highest BCUT2D eigenvalue weighted by atomic mass is 19.2. The lowest BCUT2D eigenvalue weighted by Crippen LogP contribution is -2.03. The minimum atomic E-state index is -1.02. The normalized spacial score (nSPS) is 10.7. The van der Waals surface area contributed by atoms with E-state index in [4.69, 9.17) is 4.74 Å². The number of aryl methyl sites for hydroxylation is 1. The highest BCUT2D eigenvalue weighted by Gasteiger charge is 2.20. The smallest absolute Gasteiger partial charge is 0.336 e. The van der Waals surface area contributed by atoms with E-state index < -0.39 is 17.6 Å². The van der Waals surface area contributed by atoms with Crippen LogP contribution >= 0.6 is 0 Å². The summed E-state index contributed by atoms with van der Waals surface area (Å²) in [5, 5.41) is 9.35. The maximum Gasteiger partial charge on any atom is 0.336 e. The van der Waals surface area contributed by atoms with E-state index in [2.05, 4.69) is 0 Å². The van der Waals surface area contributed by atoms with E-state index >= 15 is 0 Å². The van der Waals surface area contributed by atoms with Gasteiger partial charge in [0.2, 0.25) is 5.82 Å². The van der Waals surface area contributed by atoms with Crippen molar-refractivity contribution in [1.82, 2.24) is 0 Å². The molecule has 0 aliphatic heterocycles. The van der Waals surface area contributed by atoms with Gasteiger partial charge in [0, 0.05) is 5.56 Å². The third kappa shape index (κ3) is 3.60. The zero-order valence-electron chi connectivity index (χ0n) is 15.6. The topological polar surface area (TPSA) is 46.5 Å². The summed E-state index contributed by atoms with van der Waals surface area (Å²) in [6.45, 7) is 3.82. The van der Waals surface area contributed by atoms with E-state index in [1.165, 1.54) is 6.07 Å². The van der Waals surface area contributed by atoms with Crippen molar-refractivity contribution >= 4 is 5.97 Å². The van der Waals surface area contributed by atoms with Gasteiger partial charge in [-0.2, -0.15) is 4.39 Å². The summed E-state index contributed by atoms with van der Waals surface area (Å²) in [6.07, 6.45) is 0.504. The van der Waals surface area contributed by atoms with Gasteiger partial charge in [0.25, 0.3) is 0 Å². The number of benzene rings is 3. The molecule has 0 amide bonds. The van der Waals surface area contributed by atoms with Gasteiger partial charge in [-0.05, 0) is 47.7 Å². The van der Waals surface area contributed by atoms with Crippen molar-refractivity contribution < 1.29 is 23.4 Å². The Kier molecular flexibility index (Phi) is 5.73. The zero-order valence-corrected chi connectivity index (χ0v) is 15.6. The SMILES string of the molecule is CCOc1c(CC)cc(-c2ccc(-c3ccccc3C(=O)O)cc2)c(F)c1F. The number of ether oxygens (including phenoxy) is 1. The lowest BCUT2D eigenvalue weighted by molar-refractivity contribution is 0.0697. The van der Waals surface area contributed by atoms with Crippen molar-refractivity contribution in [3.8, 4) is 28.0 Å². The van der Waals surface area contributed by atoms with Crippen LogP contribution in [0.1, 0.15) is 29.8 Å². The molecule has 144 valence electrons. The fraction of sp³-hybridized carbons (Fsp3) is 0.174. The summed E-state index contributed by atoms with van der Waals surface area (Å²) in [7, 11) is 0. The third-order valence-electron chi connectivity index (χ3n) is 4.57. The molecule has 0 aliphatic carbocycles. The van der Waals surface area contributed by atoms with Crippen LogP contribution in [0.4, 0.5) is 8.78 Å². The maximum absolute atomic E-state index is 14.6. The van der Waals surface area contributed by atoms with Gasteiger partial charge >= 0.3 is 5.97 Å². The summed E-state index contributed by atoms with van der Waals surface area (Å²) in [6, 6.07) is 15.0. The number of carbonyl (C=O) groups is 1. The maximum atomic E-state index is 14.6. The van der Waals surface area contributed by atoms with Crippen LogP contribution in [-0.4, -0.2) is 17.7 Å². The lowest BCUT2D eigenvalue weighted by atomic mass is 9.95. The predicted molar refractivity (Wildman–Crippen MR) is 105 cm³/mol. The molecule has 0 bridgehead atoms. The van der Waals surface area contributed by atoms with Crippen molar-refractivity contribution in [3.63, 3.8) is 0 Å². The first-order chi connectivity index (χ1) is 13.5. The molecule has 0 saturated heterocycles. The second-order valence-electron chi connectivity index (χ2n) is 6.25. The van der Waals surface area contributed by atoms with Gasteiger partial charge in [-0.3, -0.25) is 0 Å². The van der Waals surface area contributed by atoms with Crippen LogP contribution in [-0.2, 0) is 6.42 Å². The van der Waals surface area contributed by atoms with Crippen molar-refractivity contribution in [2.24, 2.45) is 0 Å². The molecule has 0 unspecified atom stereocenters. The van der Waals surface area contributed by atoms with Crippen molar-refractivity contribution in [1.29, 1.82) is 0 Å². The second kappa shape index (κ2) is 8.21. The van der Waals surface area contributed by atoms with Gasteiger partial charge < -0.3 is 9.84 Å². The molecular weight excluding hydrogens is 362 g/mol. The standard InChI is InChI=1S/C23H20F2O3/c1-3-14-13-19(20(24)21(25)22(14)28-4-2)16-11-9-15(10-12-16)17-7-5-6-8-18(17)23(26)27/h5-13H,3-4H2,1-2H3,(H,26,27). The molecule has 5 heteroatoms. The molecule has 3 aromatic rings. The average molecular weight is 382 g/mol. The molecule has 3 nitrogen and oxygen atoms in total. The van der Waals surface area contributed by atoms with Crippen LogP contribution in [0.25, 0.3) is 22.3 Å². The monoisotopic (exact) mass is 382 g/mol. The Morgan fingerprint density at radius 2 is 1.54 bits per heavy atom. The summed E-state index contributed by atoms with van der Waals surface area (Å²) in [4.78, 5) is 11.4. The van der Waals surface area contributed by atoms with Gasteiger partial charge in [-0.15, -0.1) is 0 Å². The fourth-order valence-corrected chi connectivity index (χ4v) is 3.19. The minimum absolute atomic E-state index is 0.0433. The van der Waals surface area contributed by atoms with E-state index in [9.17, 15) is 18.7 Å². The number of carboxylic acids is 1. The summed E-state index contributed by atoms with van der Waals surface area (Å²) in [5.74, 6) is -3.01. The molecule has 0 atom stereocenters. The Hall–Kier alpha value is -3.21. The molecule has 3 rings (SSSR count). The Morgan fingerprint density at radius 1 is 0.929 bits per heavy atom. The molecule has 0 spiro atoms. The molecule has 0 aliphatic rings. The largest absolute Gasteiger partial charge is 0.490 e. The van der Waals surface area contributed by atoms with E-state index in [1.807, 2.05) is 6.92 Å². The van der Waals surface area contributed by atoms with Gasteiger partial charge in [0.15, 0.2) is 11.6 Å². The van der Waals surface area contributed by atoms with E-state index in [1.54, 1.807) is 55.5 Å². The number of carboxylic acid groups (broad SMARTS) is 1. The lowest BCUT2D eigenvalue weighted by Gasteiger charge is -2.14. The highest BCUT2D eigenvalue weighted by Crippen LogP contribution is 2.35. The minimum Gasteiger partial charge on any atom is -0.490 e. The van der Waals surface area contributed by atoms with E-state index in [0.717, 1.165) is 0 Å². The molecule has 3 aromatic carbocycles. The molecule has 0 saturated carbocycles. The first-order valence-electron chi connectivity index (χ1n) is 9.04. The first kappa shape index (κ1) is 19.5. The van der Waals surface area contributed by atoms with E-state index in [-0.39, 0.29) is 23.5 Å². The van der Waals surface area contributed by atoms with E-state index in [0.29, 0.717) is 28.7 Å². The molecule has 0 fully saturated rings. The third-order valence-corrected chi connectivity index (χ3v) is 4.57. The Balaban J connectivity index is 2.06. The first-order valence-corrected chi connectivity index (χ1v) is 9.04. The number of hydrogen-bond acceptors (Lipinski definition) is 2. The van der Waals surface area contributed by atoms with Crippen LogP contribution in [0.3, 0.4) is 0 Å². The Labute approximate surface area is 162 Å². The molecular formula is C23H20F2O3. The van der Waals surface area contributed by atoms with Crippen LogP contribution in [0.5, 0.6) is 5.75 Å². The zero-order chi connectivity index (χ0) is 20.3. The molecule has 0 radical (unpaired) electrons. The van der Waals surface area contributed by atoms with Gasteiger partial charge in [-0.1, -0.05) is 49.4 Å². The predicted octanol–water partition coefficient (Wildman–Crippen LogP) is 5.96. The number of hydrogen-bond donors (Lipinski definition) is 1. The quantitative estimate of drug-likeness (QED) is 0.572. The van der Waals surface area contributed by atoms with Crippen molar-refractivity contribution in [2.75, 3.05) is 6.61 Å². The number of halogens is 2. The molecule has 1 N–H and O–H groups in total. The molecule has 0 heterocycles. The molecule has 0 aromatic heterocycles. The van der Waals surface area contributed by atoms with Gasteiger partial charge in [0.05, 0.1) is 12.2 Å². The van der Waals surface area contributed by atoms with Crippen LogP contribution in [0.15, 0.2) is 54.6 Å². The van der Waals surface area contributed by atoms with Gasteiger partial charge in [-0.25, -0.2) is 9.18 Å². The molecule has 28 heavy (non-hydrogen) atoms. The van der Waals surface area contributed by atoms with Gasteiger partial charge in [0.1, 0.15) is 0 Å². The average Bonchev–Trinajstić information content (AvgIpc) is 2.72. The summed E-state index contributed by atoms with van der Waals surface area (Å²) >= 11 is 0. The summed E-state index contributed by atoms with van der Waals surface area (Å²) in [5.41, 5.74) is 2.68. The van der Waals surface area contributed by atoms with Crippen molar-refractivity contribution in [3.05, 3.63) is 77.4 Å². The fourth-order valence-electron chi connectivity index (χ4n) is 3.19.